The molecule has 0 fully saturated rings. The number of hydrogen-bond acceptors (Lipinski definition) is 4. The first-order valence-corrected chi connectivity index (χ1v) is 22.7. The Kier molecular flexibility index (Phi) is 9.70. The van der Waals surface area contributed by atoms with E-state index in [1.807, 2.05) is 97.1 Å². The monoisotopic (exact) mass is 784 g/mol. The number of benzene rings is 7. The van der Waals surface area contributed by atoms with E-state index in [1.165, 1.54) is 12.1 Å². The largest absolute Gasteiger partial charge is 0.295 e. The first kappa shape index (κ1) is 36.2. The van der Waals surface area contributed by atoms with Gasteiger partial charge >= 0.3 is 0 Å². The van der Waals surface area contributed by atoms with Crippen LogP contribution >= 0.6 is 15.8 Å². The predicted molar refractivity (Wildman–Crippen MR) is 222 cm³/mol. The molecule has 0 bridgehead atoms. The van der Waals surface area contributed by atoms with E-state index in [2.05, 4.69) is 54.6 Å². The van der Waals surface area contributed by atoms with Crippen molar-refractivity contribution in [1.29, 1.82) is 0 Å². The van der Waals surface area contributed by atoms with Gasteiger partial charge in [-0.3, -0.25) is 9.11 Å². The van der Waals surface area contributed by atoms with E-state index in [0.717, 1.165) is 26.8 Å². The number of hydrogen-bond donors (Lipinski definition) is 2. The van der Waals surface area contributed by atoms with Gasteiger partial charge in [-0.05, 0) is 71.3 Å². The Balaban J connectivity index is 1.62. The van der Waals surface area contributed by atoms with Crippen molar-refractivity contribution in [3.63, 3.8) is 0 Å². The minimum Gasteiger partial charge on any atom is -0.282 e. The summed E-state index contributed by atoms with van der Waals surface area (Å²) in [4.78, 5) is -1.28. The molecule has 6 nitrogen and oxygen atoms in total. The van der Waals surface area contributed by atoms with Crippen LogP contribution in [0, 0.1) is 0 Å². The smallest absolute Gasteiger partial charge is 0.282 e. The summed E-state index contributed by atoms with van der Waals surface area (Å²) in [6.07, 6.45) is 4.05. The quantitative estimate of drug-likeness (QED) is 0.112. The highest BCUT2D eigenvalue weighted by Crippen LogP contribution is 2.74. The molecule has 7 aromatic rings. The van der Waals surface area contributed by atoms with Crippen LogP contribution in [0.2, 0.25) is 0 Å². The summed E-state index contributed by atoms with van der Waals surface area (Å²) in [5.41, 5.74) is 1.81. The molecule has 0 aromatic heterocycles. The zero-order valence-corrected chi connectivity index (χ0v) is 32.1. The van der Waals surface area contributed by atoms with Crippen LogP contribution in [0.15, 0.2) is 192 Å². The average Bonchev–Trinajstić information content (AvgIpc) is 3.18. The van der Waals surface area contributed by atoms with Gasteiger partial charge in [0, 0.05) is 11.3 Å². The van der Waals surface area contributed by atoms with Crippen molar-refractivity contribution in [1.82, 2.24) is 0 Å². The normalized spacial score (nSPS) is 15.4. The van der Waals surface area contributed by atoms with Crippen molar-refractivity contribution in [3.05, 3.63) is 199 Å². The van der Waals surface area contributed by atoms with E-state index in [0.29, 0.717) is 21.9 Å². The molecule has 1 unspecified atom stereocenters. The summed E-state index contributed by atoms with van der Waals surface area (Å²) >= 11 is 0. The topological polar surface area (TPSA) is 109 Å². The van der Waals surface area contributed by atoms with Crippen molar-refractivity contribution < 1.29 is 25.9 Å². The fraction of sp³-hybridized carbons (Fsp3) is 0.0455. The van der Waals surface area contributed by atoms with Gasteiger partial charge in [-0.15, -0.1) is 0 Å². The maximum Gasteiger partial charge on any atom is 0.295 e. The third kappa shape index (κ3) is 6.43. The highest BCUT2D eigenvalue weighted by molar-refractivity contribution is 7.91. The molecule has 0 radical (unpaired) electrons. The lowest BCUT2D eigenvalue weighted by Crippen LogP contribution is -2.44. The molecule has 268 valence electrons. The SMILES string of the molecule is O=S(=O)(O)c1cccc2c1C=CC(P(c1ccccc1)c1ccccc1)(P(c1ccccc1)c1ccccc1)C2c1cccc2c(S(=O)(=O)O)cccc12. The summed E-state index contributed by atoms with van der Waals surface area (Å²) < 4.78 is 72.8. The van der Waals surface area contributed by atoms with Gasteiger partial charge in [0.1, 0.15) is 9.79 Å². The van der Waals surface area contributed by atoms with Gasteiger partial charge in [0.15, 0.2) is 0 Å². The zero-order valence-electron chi connectivity index (χ0n) is 28.7. The molecule has 2 N–H and O–H groups in total. The molecule has 1 aliphatic carbocycles. The highest BCUT2D eigenvalue weighted by Gasteiger charge is 2.55. The van der Waals surface area contributed by atoms with Crippen LogP contribution in [-0.4, -0.2) is 30.8 Å². The molecule has 54 heavy (non-hydrogen) atoms. The molecule has 0 amide bonds. The van der Waals surface area contributed by atoms with E-state index in [4.69, 9.17) is 0 Å². The standard InChI is InChI=1S/C44H34O6P2S2/c45-53(46,47)41-28-14-24-36-37(41)25-13-26-39(36)43-40-27-15-29-42(54(48,49)50)38(40)30-31-44(43,51(32-16-5-1-6-17-32)33-18-7-2-8-19-33)52(34-20-9-3-10-21-34)35-22-11-4-12-23-35/h1-31,43H,(H,45,46,47)(H,48,49,50). The zero-order chi connectivity index (χ0) is 37.5. The summed E-state index contributed by atoms with van der Waals surface area (Å²) in [7, 11) is -12.0. The van der Waals surface area contributed by atoms with Gasteiger partial charge in [-0.2, -0.15) is 16.8 Å². The second-order valence-corrected chi connectivity index (χ2v) is 21.0. The predicted octanol–water partition coefficient (Wildman–Crippen LogP) is 8.45. The fourth-order valence-corrected chi connectivity index (χ4v) is 17.1. The molecule has 0 aliphatic heterocycles. The molecular weight excluding hydrogens is 751 g/mol. The first-order chi connectivity index (χ1) is 26.1. The van der Waals surface area contributed by atoms with Crippen molar-refractivity contribution in [2.45, 2.75) is 20.6 Å². The van der Waals surface area contributed by atoms with Gasteiger partial charge in [0.25, 0.3) is 20.2 Å². The molecular formula is C44H34O6P2S2. The molecule has 1 aliphatic rings. The third-order valence-corrected chi connectivity index (χ3v) is 18.4. The Hall–Kier alpha value is -4.78. The van der Waals surface area contributed by atoms with Crippen LogP contribution in [0.3, 0.4) is 0 Å². The van der Waals surface area contributed by atoms with Crippen molar-refractivity contribution in [2.75, 3.05) is 0 Å². The summed E-state index contributed by atoms with van der Waals surface area (Å²) in [6, 6.07) is 56.8. The maximum atomic E-state index is 13.1. The molecule has 1 atom stereocenters. The summed E-state index contributed by atoms with van der Waals surface area (Å²) in [5.74, 6) is -0.613. The van der Waals surface area contributed by atoms with Crippen LogP contribution in [0.25, 0.3) is 16.8 Å². The lowest BCUT2D eigenvalue weighted by atomic mass is 9.79. The lowest BCUT2D eigenvalue weighted by molar-refractivity contribution is 0.481. The second-order valence-electron chi connectivity index (χ2n) is 13.0. The van der Waals surface area contributed by atoms with Gasteiger partial charge in [0.2, 0.25) is 0 Å². The van der Waals surface area contributed by atoms with Crippen LogP contribution in [0.5, 0.6) is 0 Å². The average molecular weight is 785 g/mol. The van der Waals surface area contributed by atoms with Crippen LogP contribution in [-0.2, 0) is 20.2 Å². The van der Waals surface area contributed by atoms with E-state index < -0.39 is 46.9 Å². The highest BCUT2D eigenvalue weighted by atomic mass is 32.2. The Bertz CT molecular complexity index is 2570. The Morgan fingerprint density at radius 1 is 0.426 bits per heavy atom. The number of rotatable bonds is 9. The summed E-state index contributed by atoms with van der Waals surface area (Å²) in [6.45, 7) is 0. The van der Waals surface area contributed by atoms with E-state index in [-0.39, 0.29) is 9.79 Å². The minimum absolute atomic E-state index is 0.207. The minimum atomic E-state index is -4.66. The number of fused-ring (bicyclic) bond motifs is 2. The van der Waals surface area contributed by atoms with Crippen molar-refractivity contribution >= 4 is 74.1 Å². The van der Waals surface area contributed by atoms with Gasteiger partial charge < -0.3 is 0 Å². The maximum absolute atomic E-state index is 13.1. The first-order valence-electron chi connectivity index (χ1n) is 17.2. The molecule has 0 spiro atoms. The van der Waals surface area contributed by atoms with E-state index in [9.17, 15) is 25.9 Å². The Morgan fingerprint density at radius 3 is 1.28 bits per heavy atom. The fourth-order valence-electron chi connectivity index (χ4n) is 7.87. The van der Waals surface area contributed by atoms with Crippen LogP contribution in [0.1, 0.15) is 22.6 Å². The van der Waals surface area contributed by atoms with Gasteiger partial charge in [-0.1, -0.05) is 176 Å². The third-order valence-electron chi connectivity index (χ3n) is 9.89. The lowest BCUT2D eigenvalue weighted by Gasteiger charge is -2.53. The molecule has 8 rings (SSSR count). The van der Waals surface area contributed by atoms with Gasteiger partial charge in [-0.25, -0.2) is 0 Å². The molecule has 0 saturated carbocycles. The van der Waals surface area contributed by atoms with Crippen molar-refractivity contribution in [3.8, 4) is 0 Å². The molecule has 0 saturated heterocycles. The van der Waals surface area contributed by atoms with E-state index in [1.54, 1.807) is 24.3 Å². The summed E-state index contributed by atoms with van der Waals surface area (Å²) in [5, 5.41) is 5.34. The van der Waals surface area contributed by atoms with Gasteiger partial charge in [0.05, 0.1) is 4.90 Å². The van der Waals surface area contributed by atoms with Crippen molar-refractivity contribution in [2.24, 2.45) is 0 Å². The molecule has 10 heteroatoms. The molecule has 0 heterocycles. The van der Waals surface area contributed by atoms with Crippen LogP contribution < -0.4 is 21.2 Å². The van der Waals surface area contributed by atoms with Crippen LogP contribution in [0.4, 0.5) is 0 Å². The molecule has 7 aromatic carbocycles. The Morgan fingerprint density at radius 2 is 0.815 bits per heavy atom. The second kappa shape index (κ2) is 14.5. The number of allylic oxidation sites excluding steroid dienone is 1. The Labute approximate surface area is 317 Å². The van der Waals surface area contributed by atoms with E-state index >= 15 is 0 Å².